The minimum Gasteiger partial charge on any atom is -0.465 e. The van der Waals surface area contributed by atoms with Gasteiger partial charge in [0, 0.05) is 11.6 Å². The minimum atomic E-state index is -0.464. The van der Waals surface area contributed by atoms with Gasteiger partial charge >= 0.3 is 5.97 Å². The molecule has 1 aromatic carbocycles. The molecule has 5 heteroatoms. The van der Waals surface area contributed by atoms with E-state index in [1.165, 1.54) is 13.2 Å². The number of benzene rings is 1. The molecule has 0 aliphatic carbocycles. The van der Waals surface area contributed by atoms with Gasteiger partial charge in [-0.1, -0.05) is 18.2 Å². The van der Waals surface area contributed by atoms with Crippen LogP contribution in [0.5, 0.6) is 0 Å². The fourth-order valence-electron chi connectivity index (χ4n) is 1.79. The molecule has 21 heavy (non-hydrogen) atoms. The number of ether oxygens (including phenoxy) is 1. The van der Waals surface area contributed by atoms with Crippen LogP contribution in [0.25, 0.3) is 17.4 Å². The normalized spacial score (nSPS) is 9.29. The smallest absolute Gasteiger partial charge is 0.338 e. The average Bonchev–Trinajstić information content (AvgIpc) is 3.00. The summed E-state index contributed by atoms with van der Waals surface area (Å²) in [6.07, 6.45) is 1.34. The third-order valence-corrected chi connectivity index (χ3v) is 2.75. The van der Waals surface area contributed by atoms with E-state index in [1.54, 1.807) is 48.5 Å². The first-order chi connectivity index (χ1) is 10.2. The lowest BCUT2D eigenvalue weighted by Gasteiger charge is -2.04. The van der Waals surface area contributed by atoms with Gasteiger partial charge in [-0.05, 0) is 18.2 Å². The van der Waals surface area contributed by atoms with E-state index in [9.17, 15) is 4.79 Å². The highest BCUT2D eigenvalue weighted by Crippen LogP contribution is 2.27. The first-order valence-electron chi connectivity index (χ1n) is 5.99. The molecule has 5 nitrogen and oxygen atoms in total. The van der Waals surface area contributed by atoms with Crippen LogP contribution in [0, 0.1) is 22.7 Å². The maximum Gasteiger partial charge on any atom is 0.338 e. The lowest BCUT2D eigenvalue weighted by molar-refractivity contribution is 0.0601. The second kappa shape index (κ2) is 6.23. The van der Waals surface area contributed by atoms with Gasteiger partial charge in [0.05, 0.1) is 12.7 Å². The molecule has 0 N–H and O–H groups in total. The van der Waals surface area contributed by atoms with E-state index >= 15 is 0 Å². The number of furan rings is 1. The highest BCUT2D eigenvalue weighted by atomic mass is 16.5. The molecular formula is C16H10N2O3. The molecule has 0 radical (unpaired) electrons. The summed E-state index contributed by atoms with van der Waals surface area (Å²) >= 11 is 0. The Kier molecular flexibility index (Phi) is 4.18. The number of allylic oxidation sites excluding steroid dienone is 1. The maximum absolute atomic E-state index is 11.7. The summed E-state index contributed by atoms with van der Waals surface area (Å²) in [6, 6.07) is 13.7. The first-order valence-corrected chi connectivity index (χ1v) is 5.99. The second-order valence-corrected chi connectivity index (χ2v) is 4.02. The van der Waals surface area contributed by atoms with E-state index in [1.807, 2.05) is 0 Å². The van der Waals surface area contributed by atoms with E-state index in [2.05, 4.69) is 0 Å². The van der Waals surface area contributed by atoms with E-state index in [-0.39, 0.29) is 5.57 Å². The monoisotopic (exact) mass is 278 g/mol. The van der Waals surface area contributed by atoms with Crippen molar-refractivity contribution in [3.63, 3.8) is 0 Å². The molecule has 0 spiro atoms. The number of nitriles is 2. The Hall–Kier alpha value is -3.31. The molecule has 0 fully saturated rings. The number of hydrogen-bond acceptors (Lipinski definition) is 5. The zero-order valence-electron chi connectivity index (χ0n) is 11.2. The van der Waals surface area contributed by atoms with Crippen LogP contribution in [0.2, 0.25) is 0 Å². The number of methoxy groups -OCH3 is 1. The topological polar surface area (TPSA) is 87.0 Å². The molecule has 0 saturated carbocycles. The maximum atomic E-state index is 11.7. The van der Waals surface area contributed by atoms with Crippen molar-refractivity contribution in [2.75, 3.05) is 7.11 Å². The van der Waals surface area contributed by atoms with Crippen LogP contribution < -0.4 is 0 Å². The van der Waals surface area contributed by atoms with Crippen LogP contribution in [-0.4, -0.2) is 13.1 Å². The predicted molar refractivity (Wildman–Crippen MR) is 74.7 cm³/mol. The van der Waals surface area contributed by atoms with Crippen molar-refractivity contribution in [1.82, 2.24) is 0 Å². The van der Waals surface area contributed by atoms with Gasteiger partial charge in [0.25, 0.3) is 0 Å². The number of esters is 1. The van der Waals surface area contributed by atoms with Gasteiger partial charge in [-0.2, -0.15) is 10.5 Å². The molecule has 0 bridgehead atoms. The SMILES string of the molecule is COC(=O)c1ccccc1-c1ccc(C=C(C#N)C#N)o1. The summed E-state index contributed by atoms with van der Waals surface area (Å²) in [6.45, 7) is 0. The van der Waals surface area contributed by atoms with E-state index in [0.717, 1.165) is 0 Å². The van der Waals surface area contributed by atoms with Crippen molar-refractivity contribution in [2.24, 2.45) is 0 Å². The standard InChI is InChI=1S/C16H10N2O3/c1-20-16(19)14-5-3-2-4-13(14)15-7-6-12(21-15)8-11(9-17)10-18/h2-8H,1H3. The fourth-order valence-corrected chi connectivity index (χ4v) is 1.79. The summed E-state index contributed by atoms with van der Waals surface area (Å²) in [5.41, 5.74) is 0.905. The van der Waals surface area contributed by atoms with Gasteiger partial charge in [0.15, 0.2) is 0 Å². The molecule has 0 atom stereocenters. The Balaban J connectivity index is 2.45. The average molecular weight is 278 g/mol. The summed E-state index contributed by atoms with van der Waals surface area (Å²) in [4.78, 5) is 11.7. The van der Waals surface area contributed by atoms with Gasteiger partial charge in [0.2, 0.25) is 0 Å². The zero-order chi connectivity index (χ0) is 15.2. The van der Waals surface area contributed by atoms with E-state index in [4.69, 9.17) is 19.7 Å². The Morgan fingerprint density at radius 2 is 1.90 bits per heavy atom. The van der Waals surface area contributed by atoms with Crippen LogP contribution in [0.15, 0.2) is 46.4 Å². The molecule has 0 unspecified atom stereocenters. The lowest BCUT2D eigenvalue weighted by atomic mass is 10.1. The number of carbonyl (C=O) groups excluding carboxylic acids is 1. The number of rotatable bonds is 3. The van der Waals surface area contributed by atoms with Crippen LogP contribution in [0.1, 0.15) is 16.1 Å². The van der Waals surface area contributed by atoms with Crippen molar-refractivity contribution >= 4 is 12.0 Å². The van der Waals surface area contributed by atoms with E-state index in [0.29, 0.717) is 22.6 Å². The third-order valence-electron chi connectivity index (χ3n) is 2.75. The molecule has 0 saturated heterocycles. The minimum absolute atomic E-state index is 0.0582. The fraction of sp³-hybridized carbons (Fsp3) is 0.0625. The molecule has 2 aromatic rings. The third kappa shape index (κ3) is 2.99. The van der Waals surface area contributed by atoms with Gasteiger partial charge < -0.3 is 9.15 Å². The molecule has 0 aliphatic rings. The number of carbonyl (C=O) groups is 1. The van der Waals surface area contributed by atoms with Crippen molar-refractivity contribution in [3.05, 3.63) is 53.3 Å². The largest absolute Gasteiger partial charge is 0.465 e. The molecule has 0 amide bonds. The van der Waals surface area contributed by atoms with Crippen LogP contribution in [0.4, 0.5) is 0 Å². The Morgan fingerprint density at radius 3 is 2.57 bits per heavy atom. The quantitative estimate of drug-likeness (QED) is 0.635. The first kappa shape index (κ1) is 14.1. The Labute approximate surface area is 121 Å². The molecular weight excluding hydrogens is 268 g/mol. The lowest BCUT2D eigenvalue weighted by Crippen LogP contribution is -2.02. The number of hydrogen-bond donors (Lipinski definition) is 0. The molecule has 0 aliphatic heterocycles. The van der Waals surface area contributed by atoms with Crippen LogP contribution in [0.3, 0.4) is 0 Å². The summed E-state index contributed by atoms with van der Waals surface area (Å²) in [7, 11) is 1.31. The Bertz CT molecular complexity index is 772. The summed E-state index contributed by atoms with van der Waals surface area (Å²) in [5, 5.41) is 17.4. The second-order valence-electron chi connectivity index (χ2n) is 4.02. The van der Waals surface area contributed by atoms with Gasteiger partial charge in [-0.15, -0.1) is 0 Å². The highest BCUT2D eigenvalue weighted by Gasteiger charge is 2.15. The number of nitrogens with zero attached hydrogens (tertiary/aromatic N) is 2. The zero-order valence-corrected chi connectivity index (χ0v) is 11.2. The van der Waals surface area contributed by atoms with Crippen molar-refractivity contribution in [2.45, 2.75) is 0 Å². The highest BCUT2D eigenvalue weighted by molar-refractivity contribution is 5.96. The van der Waals surface area contributed by atoms with Crippen LogP contribution >= 0.6 is 0 Å². The van der Waals surface area contributed by atoms with E-state index < -0.39 is 5.97 Å². The summed E-state index contributed by atoms with van der Waals surface area (Å²) in [5.74, 6) is 0.356. The summed E-state index contributed by atoms with van der Waals surface area (Å²) < 4.78 is 10.3. The molecule has 1 aromatic heterocycles. The van der Waals surface area contributed by atoms with Crippen molar-refractivity contribution in [1.29, 1.82) is 10.5 Å². The molecule has 2 rings (SSSR count). The van der Waals surface area contributed by atoms with Crippen molar-refractivity contribution < 1.29 is 13.9 Å². The van der Waals surface area contributed by atoms with Gasteiger partial charge in [-0.25, -0.2) is 4.79 Å². The van der Waals surface area contributed by atoms with Crippen LogP contribution in [-0.2, 0) is 4.74 Å². The van der Waals surface area contributed by atoms with Gasteiger partial charge in [-0.3, -0.25) is 0 Å². The van der Waals surface area contributed by atoms with Crippen molar-refractivity contribution in [3.8, 4) is 23.5 Å². The Morgan fingerprint density at radius 1 is 1.19 bits per heavy atom. The predicted octanol–water partition coefficient (Wildman–Crippen LogP) is 3.16. The molecule has 1 heterocycles. The van der Waals surface area contributed by atoms with Gasteiger partial charge in [0.1, 0.15) is 29.2 Å². The molecule has 102 valence electrons.